The average Bonchev–Trinajstić information content (AvgIpc) is 2.49. The number of primary amides is 1. The van der Waals surface area contributed by atoms with Crippen LogP contribution >= 0.6 is 0 Å². The number of rotatable bonds is 6. The maximum Gasteiger partial charge on any atom is 0.332 e. The van der Waals surface area contributed by atoms with E-state index in [9.17, 15) is 4.79 Å². The fourth-order valence-electron chi connectivity index (χ4n) is 1.59. The van der Waals surface area contributed by atoms with Crippen LogP contribution in [0.5, 0.6) is 17.2 Å². The van der Waals surface area contributed by atoms with E-state index in [1.54, 1.807) is 52.5 Å². The van der Waals surface area contributed by atoms with Crippen molar-refractivity contribution >= 4 is 17.8 Å². The number of allylic oxidation sites excluding steroid dienone is 1. The highest BCUT2D eigenvalue weighted by Gasteiger charge is 2.11. The molecule has 0 aliphatic carbocycles. The highest BCUT2D eigenvalue weighted by Crippen LogP contribution is 2.38. The molecule has 0 aliphatic heterocycles. The number of carbonyl (C=O) groups is 1. The number of methoxy groups -OCH3 is 3. The van der Waals surface area contributed by atoms with Gasteiger partial charge in [0.2, 0.25) is 5.75 Å². The molecule has 1 aromatic rings. The molecule has 1 rings (SSSR count). The molecule has 0 fully saturated rings. The molecule has 0 bridgehead atoms. The lowest BCUT2D eigenvalue weighted by molar-refractivity contribution is 0.249. The van der Waals surface area contributed by atoms with Crippen molar-refractivity contribution < 1.29 is 19.0 Å². The molecule has 0 aliphatic rings. The molecular weight excluding hydrogens is 274 g/mol. The minimum absolute atomic E-state index is 0.526. The average molecular weight is 293 g/mol. The number of nitrogens with zero attached hydrogens (tertiary/aromatic N) is 1. The van der Waals surface area contributed by atoms with Crippen molar-refractivity contribution in [3.63, 3.8) is 0 Å². The molecular formula is C14H19N3O4. The molecule has 21 heavy (non-hydrogen) atoms. The van der Waals surface area contributed by atoms with Gasteiger partial charge in [-0.25, -0.2) is 10.2 Å². The van der Waals surface area contributed by atoms with Crippen LogP contribution in [-0.2, 0) is 0 Å². The number of hydrogen-bond acceptors (Lipinski definition) is 5. The van der Waals surface area contributed by atoms with Crippen molar-refractivity contribution in [2.45, 2.75) is 6.92 Å². The van der Waals surface area contributed by atoms with E-state index in [0.717, 1.165) is 5.56 Å². The van der Waals surface area contributed by atoms with Crippen LogP contribution in [0.4, 0.5) is 4.79 Å². The zero-order chi connectivity index (χ0) is 15.8. The summed E-state index contributed by atoms with van der Waals surface area (Å²) in [5.41, 5.74) is 8.50. The van der Waals surface area contributed by atoms with Crippen LogP contribution in [0.2, 0.25) is 0 Å². The molecule has 1 aromatic carbocycles. The van der Waals surface area contributed by atoms with Gasteiger partial charge < -0.3 is 19.9 Å². The van der Waals surface area contributed by atoms with E-state index in [0.29, 0.717) is 23.0 Å². The predicted molar refractivity (Wildman–Crippen MR) is 81.0 cm³/mol. The fourth-order valence-corrected chi connectivity index (χ4v) is 1.59. The summed E-state index contributed by atoms with van der Waals surface area (Å²) in [5.74, 6) is 1.64. The standard InChI is InChI=1S/C14H19N3O4/c1-9(16-17-14(15)18)5-6-10-7-11(19-2)13(21-4)12(8-10)20-3/h5-8H,1-4H3,(H3,15,17,18)/b6-5+,16-9+. The quantitative estimate of drug-likeness (QED) is 0.617. The van der Waals surface area contributed by atoms with Gasteiger partial charge in [-0.1, -0.05) is 6.08 Å². The molecule has 2 amide bonds. The number of carbonyl (C=O) groups excluding carboxylic acids is 1. The minimum Gasteiger partial charge on any atom is -0.493 e. The lowest BCUT2D eigenvalue weighted by Crippen LogP contribution is -2.25. The Kier molecular flexibility index (Phi) is 6.06. The van der Waals surface area contributed by atoms with E-state index in [4.69, 9.17) is 19.9 Å². The second kappa shape index (κ2) is 7.78. The summed E-state index contributed by atoms with van der Waals surface area (Å²) in [6, 6.07) is 2.88. The zero-order valence-corrected chi connectivity index (χ0v) is 12.5. The van der Waals surface area contributed by atoms with Crippen molar-refractivity contribution in [1.82, 2.24) is 5.43 Å². The van der Waals surface area contributed by atoms with Crippen LogP contribution in [0.3, 0.4) is 0 Å². The smallest absolute Gasteiger partial charge is 0.332 e. The molecule has 7 heteroatoms. The van der Waals surface area contributed by atoms with Gasteiger partial charge in [0.15, 0.2) is 11.5 Å². The van der Waals surface area contributed by atoms with Crippen molar-refractivity contribution in [2.24, 2.45) is 10.8 Å². The zero-order valence-electron chi connectivity index (χ0n) is 12.5. The van der Waals surface area contributed by atoms with Crippen LogP contribution < -0.4 is 25.4 Å². The normalized spacial score (nSPS) is 11.3. The van der Waals surface area contributed by atoms with E-state index < -0.39 is 6.03 Å². The molecule has 0 saturated carbocycles. The van der Waals surface area contributed by atoms with Gasteiger partial charge in [-0.15, -0.1) is 0 Å². The van der Waals surface area contributed by atoms with Crippen molar-refractivity contribution in [3.8, 4) is 17.2 Å². The second-order valence-corrected chi connectivity index (χ2v) is 4.02. The Labute approximate surface area is 123 Å². The summed E-state index contributed by atoms with van der Waals surface area (Å²) in [6.07, 6.45) is 3.52. The Morgan fingerprint density at radius 2 is 1.76 bits per heavy atom. The van der Waals surface area contributed by atoms with Gasteiger partial charge in [-0.2, -0.15) is 5.10 Å². The van der Waals surface area contributed by atoms with E-state index in [-0.39, 0.29) is 0 Å². The SMILES string of the molecule is COc1cc(/C=C/C(C)=N/NC(N)=O)cc(OC)c1OC. The predicted octanol–water partition coefficient (Wildman–Crippen LogP) is 1.77. The highest BCUT2D eigenvalue weighted by atomic mass is 16.5. The number of ether oxygens (including phenoxy) is 3. The molecule has 7 nitrogen and oxygen atoms in total. The third-order valence-electron chi connectivity index (χ3n) is 2.55. The van der Waals surface area contributed by atoms with Crippen molar-refractivity contribution in [2.75, 3.05) is 21.3 Å². The van der Waals surface area contributed by atoms with Gasteiger partial charge in [0.1, 0.15) is 0 Å². The lowest BCUT2D eigenvalue weighted by Gasteiger charge is -2.12. The number of urea groups is 1. The topological polar surface area (TPSA) is 95.2 Å². The first-order valence-corrected chi connectivity index (χ1v) is 6.09. The minimum atomic E-state index is -0.712. The lowest BCUT2D eigenvalue weighted by atomic mass is 10.1. The van der Waals surface area contributed by atoms with E-state index in [2.05, 4.69) is 10.5 Å². The van der Waals surface area contributed by atoms with Gasteiger partial charge in [0, 0.05) is 0 Å². The molecule has 0 atom stereocenters. The van der Waals surface area contributed by atoms with E-state index in [1.807, 2.05) is 0 Å². The van der Waals surface area contributed by atoms with Crippen LogP contribution in [0.15, 0.2) is 23.3 Å². The highest BCUT2D eigenvalue weighted by molar-refractivity contribution is 5.97. The molecule has 3 N–H and O–H groups in total. The van der Waals surface area contributed by atoms with Crippen LogP contribution in [0.1, 0.15) is 12.5 Å². The van der Waals surface area contributed by atoms with Gasteiger partial charge in [-0.05, 0) is 30.7 Å². The van der Waals surface area contributed by atoms with Crippen LogP contribution in [0.25, 0.3) is 6.08 Å². The number of hydrazone groups is 1. The third-order valence-corrected chi connectivity index (χ3v) is 2.55. The first-order valence-electron chi connectivity index (χ1n) is 6.09. The Bertz CT molecular complexity index is 542. The fraction of sp³-hybridized carbons (Fsp3) is 0.286. The molecule has 0 radical (unpaired) electrons. The molecule has 0 heterocycles. The molecule has 0 spiro atoms. The Hall–Kier alpha value is -2.70. The number of hydrogen-bond donors (Lipinski definition) is 2. The van der Waals surface area contributed by atoms with Crippen molar-refractivity contribution in [3.05, 3.63) is 23.8 Å². The molecule has 0 unspecified atom stereocenters. The monoisotopic (exact) mass is 293 g/mol. The third kappa shape index (κ3) is 4.72. The van der Waals surface area contributed by atoms with Gasteiger partial charge in [-0.3, -0.25) is 0 Å². The Morgan fingerprint density at radius 3 is 2.19 bits per heavy atom. The maximum absolute atomic E-state index is 10.5. The number of benzene rings is 1. The summed E-state index contributed by atoms with van der Waals surface area (Å²) >= 11 is 0. The van der Waals surface area contributed by atoms with Crippen molar-refractivity contribution in [1.29, 1.82) is 0 Å². The van der Waals surface area contributed by atoms with Gasteiger partial charge >= 0.3 is 6.03 Å². The molecule has 0 aromatic heterocycles. The van der Waals surface area contributed by atoms with Crippen LogP contribution in [0, 0.1) is 0 Å². The van der Waals surface area contributed by atoms with E-state index >= 15 is 0 Å². The summed E-state index contributed by atoms with van der Waals surface area (Å²) in [4.78, 5) is 10.5. The van der Waals surface area contributed by atoms with Crippen LogP contribution in [-0.4, -0.2) is 33.1 Å². The second-order valence-electron chi connectivity index (χ2n) is 4.02. The summed E-state index contributed by atoms with van der Waals surface area (Å²) < 4.78 is 15.8. The number of nitrogens with two attached hydrogens (primary N) is 1. The Morgan fingerprint density at radius 1 is 1.19 bits per heavy atom. The summed E-state index contributed by atoms with van der Waals surface area (Å²) in [6.45, 7) is 1.73. The van der Waals surface area contributed by atoms with E-state index in [1.165, 1.54) is 0 Å². The molecule has 0 saturated heterocycles. The maximum atomic E-state index is 10.5. The molecule has 114 valence electrons. The van der Waals surface area contributed by atoms with Gasteiger partial charge in [0.25, 0.3) is 0 Å². The largest absolute Gasteiger partial charge is 0.493 e. The Balaban J connectivity index is 3.03. The first kappa shape index (κ1) is 16.4. The summed E-state index contributed by atoms with van der Waals surface area (Å²) in [5, 5.41) is 3.78. The number of nitrogens with one attached hydrogen (secondary N) is 1. The summed E-state index contributed by atoms with van der Waals surface area (Å²) in [7, 11) is 4.64. The number of amides is 2. The first-order chi connectivity index (χ1) is 10.0. The van der Waals surface area contributed by atoms with Gasteiger partial charge in [0.05, 0.1) is 27.0 Å².